The number of methoxy groups -OCH3 is 1. The molecule has 0 saturated heterocycles. The van der Waals surface area contributed by atoms with Gasteiger partial charge in [-0.2, -0.15) is 0 Å². The van der Waals surface area contributed by atoms with Gasteiger partial charge in [-0.25, -0.2) is 0 Å². The molecule has 0 bridgehead atoms. The summed E-state index contributed by atoms with van der Waals surface area (Å²) in [5.74, 6) is -0.382. The van der Waals surface area contributed by atoms with Crippen molar-refractivity contribution >= 4 is 19.9 Å². The summed E-state index contributed by atoms with van der Waals surface area (Å²) in [6.45, 7) is 12.9. The molecular formula is C19H32O5Si. The van der Waals surface area contributed by atoms with Gasteiger partial charge in [-0.15, -0.1) is 0 Å². The summed E-state index contributed by atoms with van der Waals surface area (Å²) in [4.78, 5) is 23.9. The Kier molecular flexibility index (Phi) is 7.35. The fourth-order valence-corrected chi connectivity index (χ4v) is 9.45. The third kappa shape index (κ3) is 4.68. The highest BCUT2D eigenvalue weighted by atomic mass is 28.4. The Bertz CT molecular complexity index is 540. The lowest BCUT2D eigenvalue weighted by atomic mass is 9.90. The molecular weight excluding hydrogens is 336 g/mol. The highest BCUT2D eigenvalue weighted by molar-refractivity contribution is 6.77. The summed E-state index contributed by atoms with van der Waals surface area (Å²) in [6, 6.07) is 0. The first kappa shape index (κ1) is 21.8. The molecule has 0 spiro atoms. The van der Waals surface area contributed by atoms with E-state index in [1.165, 1.54) is 25.3 Å². The molecule has 1 aliphatic rings. The van der Waals surface area contributed by atoms with E-state index in [0.29, 0.717) is 16.6 Å². The van der Waals surface area contributed by atoms with Gasteiger partial charge in [0, 0.05) is 12.5 Å². The van der Waals surface area contributed by atoms with Gasteiger partial charge in [0.05, 0.1) is 13.7 Å². The van der Waals surface area contributed by atoms with E-state index in [0.717, 1.165) is 0 Å². The number of ether oxygens (including phenoxy) is 1. The molecule has 1 N–H and O–H groups in total. The minimum Gasteiger partial charge on any atom is -0.498 e. The highest BCUT2D eigenvalue weighted by Crippen LogP contribution is 2.42. The Morgan fingerprint density at radius 3 is 2.12 bits per heavy atom. The normalized spacial score (nSPS) is 21.2. The Balaban J connectivity index is 2.87. The molecule has 0 radical (unpaired) electrons. The molecule has 0 saturated carbocycles. The first-order chi connectivity index (χ1) is 11.5. The van der Waals surface area contributed by atoms with Gasteiger partial charge in [-0.05, 0) is 28.8 Å². The van der Waals surface area contributed by atoms with Gasteiger partial charge < -0.3 is 14.3 Å². The molecule has 0 heterocycles. The smallest absolute Gasteiger partial charge is 0.200 e. The molecule has 0 unspecified atom stereocenters. The first-order valence-corrected chi connectivity index (χ1v) is 11.0. The van der Waals surface area contributed by atoms with Crippen LogP contribution in [0.4, 0.5) is 0 Å². The molecule has 6 heteroatoms. The van der Waals surface area contributed by atoms with E-state index in [4.69, 9.17) is 9.16 Å². The molecule has 1 aliphatic carbocycles. The number of carbonyl (C=O) groups excluding carboxylic acids is 2. The van der Waals surface area contributed by atoms with Gasteiger partial charge in [-0.3, -0.25) is 9.59 Å². The summed E-state index contributed by atoms with van der Waals surface area (Å²) in [5.41, 5.74) is -0.444. The summed E-state index contributed by atoms with van der Waals surface area (Å²) in [5, 5.41) is 10.7. The van der Waals surface area contributed by atoms with E-state index in [2.05, 4.69) is 41.5 Å². The number of carbonyl (C=O) groups is 2. The number of hydrogen-bond acceptors (Lipinski definition) is 5. The van der Waals surface area contributed by atoms with Crippen LogP contribution in [0, 0.1) is 0 Å². The van der Waals surface area contributed by atoms with E-state index in [9.17, 15) is 14.7 Å². The average molecular weight is 369 g/mol. The van der Waals surface area contributed by atoms with Crippen molar-refractivity contribution in [2.45, 2.75) is 70.2 Å². The van der Waals surface area contributed by atoms with Crippen LogP contribution < -0.4 is 0 Å². The zero-order chi connectivity index (χ0) is 19.4. The van der Waals surface area contributed by atoms with Crippen molar-refractivity contribution in [1.82, 2.24) is 0 Å². The Hall–Kier alpha value is -1.24. The topological polar surface area (TPSA) is 72.8 Å². The molecule has 25 heavy (non-hydrogen) atoms. The number of allylic oxidation sites excluding steroid dienone is 2. The van der Waals surface area contributed by atoms with E-state index < -0.39 is 13.9 Å². The molecule has 0 aromatic rings. The maximum atomic E-state index is 12.5. The van der Waals surface area contributed by atoms with Gasteiger partial charge in [0.15, 0.2) is 11.6 Å². The van der Waals surface area contributed by atoms with Gasteiger partial charge in [-0.1, -0.05) is 41.5 Å². The third-order valence-corrected chi connectivity index (χ3v) is 11.2. The van der Waals surface area contributed by atoms with Crippen LogP contribution in [0.2, 0.25) is 16.6 Å². The van der Waals surface area contributed by atoms with Gasteiger partial charge in [0.1, 0.15) is 11.4 Å². The van der Waals surface area contributed by atoms with E-state index >= 15 is 0 Å². The molecule has 5 nitrogen and oxygen atoms in total. The summed E-state index contributed by atoms with van der Waals surface area (Å²) >= 11 is 0. The van der Waals surface area contributed by atoms with E-state index in [1.54, 1.807) is 0 Å². The van der Waals surface area contributed by atoms with Gasteiger partial charge >= 0.3 is 0 Å². The molecule has 1 rings (SSSR count). The number of ketones is 2. The van der Waals surface area contributed by atoms with Crippen LogP contribution in [0.1, 0.15) is 48.0 Å². The second-order valence-electron chi connectivity index (χ2n) is 7.69. The zero-order valence-corrected chi connectivity index (χ0v) is 17.5. The quantitative estimate of drug-likeness (QED) is 0.630. The predicted molar refractivity (Wildman–Crippen MR) is 101 cm³/mol. The molecule has 0 fully saturated rings. The number of Topliss-reactive ketones (excluding diaryl/α,β-unsaturated/α-hetero) is 1. The van der Waals surface area contributed by atoms with Gasteiger partial charge in [0.2, 0.25) is 8.32 Å². The summed E-state index contributed by atoms with van der Waals surface area (Å²) in [6.07, 6.45) is 3.62. The third-order valence-electron chi connectivity index (χ3n) is 5.10. The monoisotopic (exact) mass is 368 g/mol. The fourth-order valence-electron chi connectivity index (χ4n) is 4.04. The molecule has 0 aromatic carbocycles. The van der Waals surface area contributed by atoms with Crippen molar-refractivity contribution in [2.24, 2.45) is 0 Å². The van der Waals surface area contributed by atoms with Gasteiger partial charge in [0.25, 0.3) is 0 Å². The van der Waals surface area contributed by atoms with Crippen molar-refractivity contribution < 1.29 is 23.9 Å². The van der Waals surface area contributed by atoms with Crippen molar-refractivity contribution in [3.63, 3.8) is 0 Å². The van der Waals surface area contributed by atoms with Crippen LogP contribution in [-0.4, -0.2) is 44.3 Å². The second kappa shape index (κ2) is 8.43. The lowest BCUT2D eigenvalue weighted by Gasteiger charge is -2.42. The predicted octanol–water partition coefficient (Wildman–Crippen LogP) is 3.54. The molecule has 1 atom stereocenters. The maximum absolute atomic E-state index is 12.5. The zero-order valence-electron chi connectivity index (χ0n) is 16.5. The SMILES string of the molecule is COC1=CC(=O)C=C[C@@]1(O)CC(=O)CO[Si](C(C)C)(C(C)C)C(C)C. The van der Waals surface area contributed by atoms with Crippen LogP contribution >= 0.6 is 0 Å². The number of rotatable bonds is 9. The first-order valence-electron chi connectivity index (χ1n) is 8.87. The minimum absolute atomic E-state index is 0.0259. The molecule has 0 aliphatic heterocycles. The van der Waals surface area contributed by atoms with Crippen molar-refractivity contribution in [3.8, 4) is 0 Å². The Morgan fingerprint density at radius 2 is 1.68 bits per heavy atom. The average Bonchev–Trinajstić information content (AvgIpc) is 2.49. The Labute approximate surface area is 152 Å². The Morgan fingerprint density at radius 1 is 1.16 bits per heavy atom. The lowest BCUT2D eigenvalue weighted by Crippen LogP contribution is -2.49. The fraction of sp³-hybridized carbons (Fsp3) is 0.684. The lowest BCUT2D eigenvalue weighted by molar-refractivity contribution is -0.125. The van der Waals surface area contributed by atoms with Crippen molar-refractivity contribution in [2.75, 3.05) is 13.7 Å². The van der Waals surface area contributed by atoms with Crippen molar-refractivity contribution in [3.05, 3.63) is 24.0 Å². The van der Waals surface area contributed by atoms with Crippen molar-refractivity contribution in [1.29, 1.82) is 0 Å². The number of hydrogen-bond donors (Lipinski definition) is 1. The largest absolute Gasteiger partial charge is 0.498 e. The molecule has 0 aromatic heterocycles. The van der Waals surface area contributed by atoms with Crippen LogP contribution in [0.5, 0.6) is 0 Å². The minimum atomic E-state index is -2.14. The van der Waals surface area contributed by atoms with Crippen LogP contribution in [-0.2, 0) is 18.8 Å². The van der Waals surface area contributed by atoms with Crippen LogP contribution in [0.3, 0.4) is 0 Å². The number of aliphatic hydroxyl groups is 1. The summed E-state index contributed by atoms with van der Waals surface area (Å²) < 4.78 is 11.4. The second-order valence-corrected chi connectivity index (χ2v) is 13.2. The highest BCUT2D eigenvalue weighted by Gasteiger charge is 2.46. The standard InChI is InChI=1S/C19H32O5Si/c1-13(2)25(14(3)4,15(5)6)24-12-17(21)11-19(22)9-8-16(20)10-18(19)23-7/h8-10,13-15,22H,11-12H2,1-7H3/t19-/m1/s1. The molecule has 0 amide bonds. The molecule has 142 valence electrons. The van der Waals surface area contributed by atoms with Crippen LogP contribution in [0.25, 0.3) is 0 Å². The van der Waals surface area contributed by atoms with Crippen LogP contribution in [0.15, 0.2) is 24.0 Å². The summed E-state index contributed by atoms with van der Waals surface area (Å²) in [7, 11) is -0.764. The van der Waals surface area contributed by atoms with E-state index in [-0.39, 0.29) is 30.4 Å². The van der Waals surface area contributed by atoms with E-state index in [1.807, 2.05) is 0 Å². The maximum Gasteiger partial charge on any atom is 0.200 e.